The van der Waals surface area contributed by atoms with Gasteiger partial charge in [-0.05, 0) is 18.9 Å². The van der Waals surface area contributed by atoms with Crippen molar-refractivity contribution >= 4 is 0 Å². The largest absolute Gasteiger partial charge is 0.586 e. The minimum atomic E-state index is -3.63. The summed E-state index contributed by atoms with van der Waals surface area (Å²) in [5.41, 5.74) is 6.32. The van der Waals surface area contributed by atoms with Crippen LogP contribution in [0.15, 0.2) is 18.2 Å². The zero-order valence-electron chi connectivity index (χ0n) is 9.03. The third-order valence-corrected chi connectivity index (χ3v) is 2.53. The highest BCUT2D eigenvalue weighted by molar-refractivity contribution is 5.50. The van der Waals surface area contributed by atoms with Gasteiger partial charge in [0.25, 0.3) is 0 Å². The molecule has 1 aromatic rings. The van der Waals surface area contributed by atoms with E-state index in [0.29, 0.717) is 18.4 Å². The molecule has 0 radical (unpaired) electrons. The zero-order valence-corrected chi connectivity index (χ0v) is 9.03. The molecule has 94 valence electrons. The first-order valence-corrected chi connectivity index (χ1v) is 5.28. The maximum atomic E-state index is 12.9. The number of aliphatic hydroxyl groups excluding tert-OH is 1. The molecule has 2 rings (SSSR count). The molecule has 0 amide bonds. The third kappa shape index (κ3) is 2.48. The summed E-state index contributed by atoms with van der Waals surface area (Å²) in [7, 11) is 0. The molecule has 0 fully saturated rings. The fraction of sp³-hybridized carbons (Fsp3) is 0.455. The number of para-hydroxylation sites is 1. The van der Waals surface area contributed by atoms with E-state index in [1.807, 2.05) is 0 Å². The topological polar surface area (TPSA) is 64.7 Å². The van der Waals surface area contributed by atoms with Gasteiger partial charge in [-0.15, -0.1) is 8.78 Å². The Morgan fingerprint density at radius 2 is 2.12 bits per heavy atom. The van der Waals surface area contributed by atoms with E-state index in [9.17, 15) is 8.78 Å². The number of fused-ring (bicyclic) bond motifs is 1. The van der Waals surface area contributed by atoms with Crippen LogP contribution in [0, 0.1) is 0 Å². The molecule has 0 aliphatic carbocycles. The number of alkyl halides is 2. The molecule has 0 spiro atoms. The quantitative estimate of drug-likeness (QED) is 0.848. The molecule has 0 bridgehead atoms. The van der Waals surface area contributed by atoms with Crippen LogP contribution in [0.25, 0.3) is 0 Å². The van der Waals surface area contributed by atoms with Crippen LogP contribution in [0.3, 0.4) is 0 Å². The highest BCUT2D eigenvalue weighted by Gasteiger charge is 2.44. The first kappa shape index (κ1) is 12.1. The van der Waals surface area contributed by atoms with Crippen molar-refractivity contribution in [1.29, 1.82) is 0 Å². The standard InChI is InChI=1S/C11H13F2NO3/c12-11(13)16-9-5-1-3-7(10(9)17-11)8(14)4-2-6-15/h1,3,5,8,15H,2,4,6,14H2/t8-/m0/s1. The lowest BCUT2D eigenvalue weighted by Crippen LogP contribution is -2.26. The van der Waals surface area contributed by atoms with Gasteiger partial charge in [-0.3, -0.25) is 0 Å². The summed E-state index contributed by atoms with van der Waals surface area (Å²) in [6.45, 7) is 0.0102. The van der Waals surface area contributed by atoms with Crippen LogP contribution in [0.1, 0.15) is 24.4 Å². The SMILES string of the molecule is N[C@@H](CCCO)c1cccc2c1OC(F)(F)O2. The Balaban J connectivity index is 2.23. The van der Waals surface area contributed by atoms with E-state index < -0.39 is 12.3 Å². The van der Waals surface area contributed by atoms with Gasteiger partial charge >= 0.3 is 6.29 Å². The number of benzene rings is 1. The van der Waals surface area contributed by atoms with E-state index in [2.05, 4.69) is 9.47 Å². The lowest BCUT2D eigenvalue weighted by Gasteiger charge is -2.13. The van der Waals surface area contributed by atoms with E-state index in [1.54, 1.807) is 12.1 Å². The van der Waals surface area contributed by atoms with Crippen LogP contribution in [0.5, 0.6) is 11.5 Å². The molecule has 1 heterocycles. The average molecular weight is 245 g/mol. The molecule has 17 heavy (non-hydrogen) atoms. The summed E-state index contributed by atoms with van der Waals surface area (Å²) in [6, 6.07) is 4.14. The molecular formula is C11H13F2NO3. The van der Waals surface area contributed by atoms with Crippen molar-refractivity contribution < 1.29 is 23.4 Å². The maximum Gasteiger partial charge on any atom is 0.586 e. The summed E-state index contributed by atoms with van der Waals surface area (Å²) in [5, 5.41) is 8.71. The van der Waals surface area contributed by atoms with E-state index in [0.717, 1.165) is 0 Å². The molecule has 3 N–H and O–H groups in total. The highest BCUT2D eigenvalue weighted by Crippen LogP contribution is 2.45. The Labute approximate surface area is 96.9 Å². The molecule has 4 nitrogen and oxygen atoms in total. The summed E-state index contributed by atoms with van der Waals surface area (Å²) in [6.07, 6.45) is -2.64. The van der Waals surface area contributed by atoms with Crippen molar-refractivity contribution in [2.75, 3.05) is 6.61 Å². The van der Waals surface area contributed by atoms with Crippen molar-refractivity contribution in [3.05, 3.63) is 23.8 Å². The number of halogens is 2. The van der Waals surface area contributed by atoms with Crippen LogP contribution in [0.2, 0.25) is 0 Å². The fourth-order valence-corrected chi connectivity index (χ4v) is 1.75. The van der Waals surface area contributed by atoms with E-state index in [1.165, 1.54) is 6.07 Å². The zero-order chi connectivity index (χ0) is 12.5. The molecule has 0 saturated carbocycles. The van der Waals surface area contributed by atoms with E-state index >= 15 is 0 Å². The Hall–Kier alpha value is -1.40. The monoisotopic (exact) mass is 245 g/mol. The predicted octanol–water partition coefficient (Wildman–Crippen LogP) is 1.78. The number of nitrogens with two attached hydrogens (primary N) is 1. The second kappa shape index (κ2) is 4.46. The van der Waals surface area contributed by atoms with Gasteiger partial charge in [0.05, 0.1) is 0 Å². The van der Waals surface area contributed by atoms with Crippen LogP contribution in [0.4, 0.5) is 8.78 Å². The van der Waals surface area contributed by atoms with Gasteiger partial charge < -0.3 is 20.3 Å². The summed E-state index contributed by atoms with van der Waals surface area (Å²) >= 11 is 0. The minimum absolute atomic E-state index is 0.00746. The second-order valence-corrected chi connectivity index (χ2v) is 3.81. The smallest absolute Gasteiger partial charge is 0.396 e. The van der Waals surface area contributed by atoms with Crippen molar-refractivity contribution in [2.24, 2.45) is 5.73 Å². The maximum absolute atomic E-state index is 12.9. The van der Waals surface area contributed by atoms with Crippen LogP contribution in [-0.4, -0.2) is 18.0 Å². The number of hydrogen-bond donors (Lipinski definition) is 2. The van der Waals surface area contributed by atoms with Crippen molar-refractivity contribution in [2.45, 2.75) is 25.2 Å². The summed E-state index contributed by atoms with van der Waals surface area (Å²) in [5.74, 6) is -0.0186. The van der Waals surface area contributed by atoms with Gasteiger partial charge in [-0.1, -0.05) is 12.1 Å². The van der Waals surface area contributed by atoms with Gasteiger partial charge in [-0.25, -0.2) is 0 Å². The Bertz CT molecular complexity index is 412. The van der Waals surface area contributed by atoms with Crippen molar-refractivity contribution in [3.8, 4) is 11.5 Å². The molecule has 6 heteroatoms. The highest BCUT2D eigenvalue weighted by atomic mass is 19.3. The molecular weight excluding hydrogens is 232 g/mol. The Kier molecular flexibility index (Phi) is 3.17. The van der Waals surface area contributed by atoms with Gasteiger partial charge in [0, 0.05) is 18.2 Å². The first-order valence-electron chi connectivity index (χ1n) is 5.28. The lowest BCUT2D eigenvalue weighted by atomic mass is 10.0. The number of ether oxygens (including phenoxy) is 2. The van der Waals surface area contributed by atoms with Gasteiger partial charge in [0.15, 0.2) is 11.5 Å². The van der Waals surface area contributed by atoms with E-state index in [4.69, 9.17) is 10.8 Å². The normalized spacial score (nSPS) is 18.1. The predicted molar refractivity (Wildman–Crippen MR) is 55.9 cm³/mol. The van der Waals surface area contributed by atoms with E-state index in [-0.39, 0.29) is 18.1 Å². The summed E-state index contributed by atoms with van der Waals surface area (Å²) < 4.78 is 34.6. The number of hydrogen-bond acceptors (Lipinski definition) is 4. The Morgan fingerprint density at radius 3 is 2.82 bits per heavy atom. The molecule has 0 aromatic heterocycles. The number of rotatable bonds is 4. The minimum Gasteiger partial charge on any atom is -0.396 e. The average Bonchev–Trinajstić information content (AvgIpc) is 2.59. The molecule has 0 unspecified atom stereocenters. The van der Waals surface area contributed by atoms with Gasteiger partial charge in [-0.2, -0.15) is 0 Å². The summed E-state index contributed by atoms with van der Waals surface area (Å²) in [4.78, 5) is 0. The van der Waals surface area contributed by atoms with Crippen LogP contribution >= 0.6 is 0 Å². The van der Waals surface area contributed by atoms with Crippen LogP contribution in [-0.2, 0) is 0 Å². The molecule has 0 saturated heterocycles. The molecule has 1 aliphatic heterocycles. The molecule has 1 aromatic carbocycles. The van der Waals surface area contributed by atoms with Crippen LogP contribution < -0.4 is 15.2 Å². The number of aliphatic hydroxyl groups is 1. The van der Waals surface area contributed by atoms with Crippen molar-refractivity contribution in [1.82, 2.24) is 0 Å². The van der Waals surface area contributed by atoms with Gasteiger partial charge in [0.2, 0.25) is 0 Å². The lowest BCUT2D eigenvalue weighted by molar-refractivity contribution is -0.287. The molecule has 1 atom stereocenters. The third-order valence-electron chi connectivity index (χ3n) is 2.53. The van der Waals surface area contributed by atoms with Gasteiger partial charge in [0.1, 0.15) is 0 Å². The molecule has 1 aliphatic rings. The Morgan fingerprint density at radius 1 is 1.35 bits per heavy atom. The first-order chi connectivity index (χ1) is 8.03. The fourth-order valence-electron chi connectivity index (χ4n) is 1.75. The second-order valence-electron chi connectivity index (χ2n) is 3.81. The van der Waals surface area contributed by atoms with Crippen molar-refractivity contribution in [3.63, 3.8) is 0 Å².